The van der Waals surface area contributed by atoms with Crippen LogP contribution in [0.25, 0.3) is 0 Å². The molecule has 0 radical (unpaired) electrons. The van der Waals surface area contributed by atoms with Gasteiger partial charge in [-0.05, 0) is 49.2 Å². The molecule has 2 aromatic rings. The molecule has 0 unspecified atom stereocenters. The van der Waals surface area contributed by atoms with E-state index in [-0.39, 0.29) is 0 Å². The summed E-state index contributed by atoms with van der Waals surface area (Å²) in [6, 6.07) is 16.6. The highest BCUT2D eigenvalue weighted by atomic mass is 32.2. The van der Waals surface area contributed by atoms with E-state index in [1.807, 2.05) is 23.9 Å². The van der Waals surface area contributed by atoms with Gasteiger partial charge in [-0.25, -0.2) is 0 Å². The first-order chi connectivity index (χ1) is 9.79. The molecule has 2 N–H and O–H groups in total. The number of benzene rings is 2. The molecule has 0 spiro atoms. The zero-order valence-corrected chi connectivity index (χ0v) is 12.7. The summed E-state index contributed by atoms with van der Waals surface area (Å²) in [7, 11) is 0. The molecule has 106 valence electrons. The molecule has 0 heterocycles. The second kappa shape index (κ2) is 7.98. The van der Waals surface area contributed by atoms with Crippen LogP contribution in [0, 0.1) is 6.92 Å². The fraction of sp³-hybridized carbons (Fsp3) is 0.294. The van der Waals surface area contributed by atoms with E-state index in [4.69, 9.17) is 10.5 Å². The minimum atomic E-state index is 0.688. The van der Waals surface area contributed by atoms with Crippen molar-refractivity contribution in [3.05, 3.63) is 59.7 Å². The average molecular weight is 287 g/mol. The van der Waals surface area contributed by atoms with E-state index in [1.165, 1.54) is 16.0 Å². The number of ether oxygens (including phenoxy) is 1. The third-order valence-electron chi connectivity index (χ3n) is 3.06. The number of hydrogen-bond acceptors (Lipinski definition) is 3. The van der Waals surface area contributed by atoms with E-state index < -0.39 is 0 Å². The third kappa shape index (κ3) is 4.58. The van der Waals surface area contributed by atoms with Gasteiger partial charge in [-0.3, -0.25) is 0 Å². The van der Waals surface area contributed by atoms with E-state index >= 15 is 0 Å². The van der Waals surface area contributed by atoms with Crippen molar-refractivity contribution in [1.29, 1.82) is 0 Å². The Labute approximate surface area is 125 Å². The van der Waals surface area contributed by atoms with Crippen molar-refractivity contribution in [3.63, 3.8) is 0 Å². The van der Waals surface area contributed by atoms with Gasteiger partial charge in [-0.15, -0.1) is 11.8 Å². The quantitative estimate of drug-likeness (QED) is 0.623. The van der Waals surface area contributed by atoms with E-state index in [2.05, 4.69) is 43.3 Å². The highest BCUT2D eigenvalue weighted by Crippen LogP contribution is 2.21. The Morgan fingerprint density at radius 2 is 1.80 bits per heavy atom. The lowest BCUT2D eigenvalue weighted by Crippen LogP contribution is -2.03. The monoisotopic (exact) mass is 287 g/mol. The van der Waals surface area contributed by atoms with Crippen molar-refractivity contribution in [3.8, 4) is 5.75 Å². The van der Waals surface area contributed by atoms with Crippen LogP contribution < -0.4 is 10.5 Å². The number of thioether (sulfide) groups is 1. The molecule has 0 aliphatic heterocycles. The summed E-state index contributed by atoms with van der Waals surface area (Å²) in [5, 5.41) is 0. The minimum Gasteiger partial charge on any atom is -0.493 e. The molecule has 2 aromatic carbocycles. The van der Waals surface area contributed by atoms with Crippen molar-refractivity contribution in [2.24, 2.45) is 5.73 Å². The van der Waals surface area contributed by atoms with Crippen molar-refractivity contribution in [1.82, 2.24) is 0 Å². The number of nitrogens with two attached hydrogens (primary N) is 1. The molecule has 0 aliphatic rings. The van der Waals surface area contributed by atoms with Gasteiger partial charge >= 0.3 is 0 Å². The first-order valence-electron chi connectivity index (χ1n) is 6.90. The van der Waals surface area contributed by atoms with Crippen LogP contribution in [-0.4, -0.2) is 18.9 Å². The van der Waals surface area contributed by atoms with E-state index in [0.717, 1.165) is 24.5 Å². The maximum Gasteiger partial charge on any atom is 0.119 e. The van der Waals surface area contributed by atoms with E-state index in [9.17, 15) is 0 Å². The van der Waals surface area contributed by atoms with Crippen LogP contribution in [0.3, 0.4) is 0 Å². The Bertz CT molecular complexity index is 525. The third-order valence-corrected chi connectivity index (χ3v) is 4.20. The van der Waals surface area contributed by atoms with Crippen LogP contribution in [0.15, 0.2) is 53.4 Å². The molecule has 2 rings (SSSR count). The summed E-state index contributed by atoms with van der Waals surface area (Å²) < 4.78 is 5.75. The van der Waals surface area contributed by atoms with E-state index in [0.29, 0.717) is 6.54 Å². The Hall–Kier alpha value is -1.45. The Kier molecular flexibility index (Phi) is 5.96. The summed E-state index contributed by atoms with van der Waals surface area (Å²) in [5.74, 6) is 1.88. The Balaban J connectivity index is 1.74. The van der Waals surface area contributed by atoms with Crippen molar-refractivity contribution in [2.45, 2.75) is 18.2 Å². The Morgan fingerprint density at radius 1 is 1.05 bits per heavy atom. The van der Waals surface area contributed by atoms with Crippen molar-refractivity contribution in [2.75, 3.05) is 18.9 Å². The number of aryl methyl sites for hydroxylation is 1. The van der Waals surface area contributed by atoms with Gasteiger partial charge in [0.1, 0.15) is 5.75 Å². The summed E-state index contributed by atoms with van der Waals surface area (Å²) in [5.41, 5.74) is 8.11. The molecule has 2 nitrogen and oxygen atoms in total. The summed E-state index contributed by atoms with van der Waals surface area (Å²) in [6.45, 7) is 3.54. The first-order valence-corrected chi connectivity index (χ1v) is 7.88. The average Bonchev–Trinajstić information content (AvgIpc) is 2.47. The maximum atomic E-state index is 5.75. The smallest absolute Gasteiger partial charge is 0.119 e. The fourth-order valence-electron chi connectivity index (χ4n) is 1.95. The lowest BCUT2D eigenvalue weighted by molar-refractivity contribution is 0.344. The number of rotatable bonds is 7. The highest BCUT2D eigenvalue weighted by molar-refractivity contribution is 7.99. The van der Waals surface area contributed by atoms with Gasteiger partial charge < -0.3 is 10.5 Å². The number of hydrogen-bond donors (Lipinski definition) is 1. The molecule has 0 fully saturated rings. The predicted molar refractivity (Wildman–Crippen MR) is 86.6 cm³/mol. The minimum absolute atomic E-state index is 0.688. The van der Waals surface area contributed by atoms with Crippen LogP contribution in [-0.2, 0) is 6.42 Å². The van der Waals surface area contributed by atoms with Crippen LogP contribution in [0.5, 0.6) is 5.75 Å². The van der Waals surface area contributed by atoms with Crippen LogP contribution in [0.4, 0.5) is 0 Å². The summed E-state index contributed by atoms with van der Waals surface area (Å²) in [6.07, 6.45) is 0.920. The molecular formula is C17H21NOS. The highest BCUT2D eigenvalue weighted by Gasteiger charge is 1.99. The zero-order valence-electron chi connectivity index (χ0n) is 11.8. The predicted octanol–water partition coefficient (Wildman–Crippen LogP) is 3.67. The molecule has 0 aliphatic carbocycles. The van der Waals surface area contributed by atoms with Gasteiger partial charge in [0.2, 0.25) is 0 Å². The molecular weight excluding hydrogens is 266 g/mol. The van der Waals surface area contributed by atoms with Crippen LogP contribution >= 0.6 is 11.8 Å². The fourth-order valence-corrected chi connectivity index (χ4v) is 2.81. The second-order valence-electron chi connectivity index (χ2n) is 4.65. The van der Waals surface area contributed by atoms with Crippen LogP contribution in [0.1, 0.15) is 11.1 Å². The molecule has 0 saturated carbocycles. The van der Waals surface area contributed by atoms with Gasteiger partial charge in [0.05, 0.1) is 6.61 Å². The maximum absolute atomic E-state index is 5.75. The summed E-state index contributed by atoms with van der Waals surface area (Å²) >= 11 is 1.84. The van der Waals surface area contributed by atoms with Crippen molar-refractivity contribution >= 4 is 11.8 Å². The first kappa shape index (κ1) is 14.9. The largest absolute Gasteiger partial charge is 0.493 e. The van der Waals surface area contributed by atoms with Crippen LogP contribution in [0.2, 0.25) is 0 Å². The van der Waals surface area contributed by atoms with Gasteiger partial charge in [0.25, 0.3) is 0 Å². The van der Waals surface area contributed by atoms with Gasteiger partial charge in [-0.2, -0.15) is 0 Å². The molecule has 20 heavy (non-hydrogen) atoms. The SMILES string of the molecule is Cc1ccccc1SCCOc1ccc(CCN)cc1. The topological polar surface area (TPSA) is 35.2 Å². The molecule has 0 amide bonds. The lowest BCUT2D eigenvalue weighted by Gasteiger charge is -2.08. The van der Waals surface area contributed by atoms with E-state index in [1.54, 1.807) is 0 Å². The molecule has 0 atom stereocenters. The molecule has 0 bridgehead atoms. The Morgan fingerprint density at radius 3 is 2.50 bits per heavy atom. The summed E-state index contributed by atoms with van der Waals surface area (Å²) in [4.78, 5) is 1.33. The standard InChI is InChI=1S/C17H21NOS/c1-14-4-2-3-5-17(14)20-13-12-19-16-8-6-15(7-9-16)10-11-18/h2-9H,10-13,18H2,1H3. The van der Waals surface area contributed by atoms with Gasteiger partial charge in [-0.1, -0.05) is 30.3 Å². The second-order valence-corrected chi connectivity index (χ2v) is 5.78. The normalized spacial score (nSPS) is 10.5. The molecule has 3 heteroatoms. The zero-order chi connectivity index (χ0) is 14.2. The van der Waals surface area contributed by atoms with Gasteiger partial charge in [0.15, 0.2) is 0 Å². The lowest BCUT2D eigenvalue weighted by atomic mass is 10.1. The molecule has 0 aromatic heterocycles. The molecule has 0 saturated heterocycles. The van der Waals surface area contributed by atoms with Gasteiger partial charge in [0, 0.05) is 10.6 Å². The van der Waals surface area contributed by atoms with Crippen molar-refractivity contribution < 1.29 is 4.74 Å².